The monoisotopic (exact) mass is 1040 g/mol. The quantitative estimate of drug-likeness (QED) is 0.0463. The lowest BCUT2D eigenvalue weighted by Crippen LogP contribution is -2.62. The third kappa shape index (κ3) is 18.3. The second-order valence-corrected chi connectivity index (χ2v) is 18.0. The number of nitrogens with two attached hydrogens (primary N) is 1. The van der Waals surface area contributed by atoms with E-state index in [4.69, 9.17) is 21.1 Å². The molecule has 0 saturated heterocycles. The number of aromatic nitrogens is 1. The van der Waals surface area contributed by atoms with Gasteiger partial charge in [0.15, 0.2) is 0 Å². The number of nitrogens with zero attached hydrogens (tertiary/aromatic N) is 3. The van der Waals surface area contributed by atoms with E-state index in [-0.39, 0.29) is 31.9 Å². The number of carboxylic acid groups (broad SMARTS) is 3. The molecule has 3 aromatic rings. The van der Waals surface area contributed by atoms with E-state index in [0.29, 0.717) is 21.1 Å². The first-order valence-electron chi connectivity index (χ1n) is 23.1. The zero-order valence-corrected chi connectivity index (χ0v) is 41.1. The maximum Gasteiger partial charge on any atom is 0.326 e. The van der Waals surface area contributed by atoms with Gasteiger partial charge in [-0.2, -0.15) is 0 Å². The molecule has 0 saturated carbocycles. The molecule has 0 fully saturated rings. The number of carboxylic acids is 3. The van der Waals surface area contributed by atoms with Crippen LogP contribution in [0.2, 0.25) is 0 Å². The summed E-state index contributed by atoms with van der Waals surface area (Å²) in [7, 11) is 0. The third-order valence-electron chi connectivity index (χ3n) is 11.2. The van der Waals surface area contributed by atoms with E-state index in [1.807, 2.05) is 55.7 Å². The summed E-state index contributed by atoms with van der Waals surface area (Å²) in [6.07, 6.45) is 0.391. The number of aliphatic carboxylic acids is 3. The van der Waals surface area contributed by atoms with Gasteiger partial charge in [-0.15, -0.1) is 0 Å². The van der Waals surface area contributed by atoms with Gasteiger partial charge in [-0.1, -0.05) is 51.1 Å². The summed E-state index contributed by atoms with van der Waals surface area (Å²) in [5.41, 5.74) is 6.47. The molecule has 5 atom stereocenters. The lowest BCUT2D eigenvalue weighted by atomic mass is 9.84. The van der Waals surface area contributed by atoms with Gasteiger partial charge >= 0.3 is 17.9 Å². The molecule has 1 aromatic heterocycles. The first kappa shape index (κ1) is 60.4. The Morgan fingerprint density at radius 1 is 0.784 bits per heavy atom. The smallest absolute Gasteiger partial charge is 0.326 e. The predicted molar refractivity (Wildman–Crippen MR) is 258 cm³/mol. The minimum atomic E-state index is -2.15. The number of primary amides is 1. The summed E-state index contributed by atoms with van der Waals surface area (Å²) in [4.78, 5) is 128. The lowest BCUT2D eigenvalue weighted by Gasteiger charge is -2.38. The van der Waals surface area contributed by atoms with E-state index >= 15 is 4.39 Å². The molecule has 0 unspecified atom stereocenters. The van der Waals surface area contributed by atoms with Crippen molar-refractivity contribution in [3.63, 3.8) is 0 Å². The van der Waals surface area contributed by atoms with Crippen molar-refractivity contribution >= 4 is 59.3 Å². The van der Waals surface area contributed by atoms with E-state index in [0.717, 1.165) is 42.8 Å². The summed E-state index contributed by atoms with van der Waals surface area (Å²) < 4.78 is 31.6. The van der Waals surface area contributed by atoms with E-state index in [1.54, 1.807) is 12.3 Å². The number of carbonyl (C=O) groups is 10. The Bertz CT molecular complexity index is 2530. The predicted octanol–water partition coefficient (Wildman–Crippen LogP) is 0.416. The van der Waals surface area contributed by atoms with Crippen LogP contribution in [0.25, 0.3) is 11.1 Å². The molecule has 402 valence electrons. The highest BCUT2D eigenvalue weighted by Crippen LogP contribution is 2.37. The summed E-state index contributed by atoms with van der Waals surface area (Å²) in [5.74, 6) is -13.1. The van der Waals surface area contributed by atoms with Crippen molar-refractivity contribution in [2.75, 3.05) is 32.8 Å². The van der Waals surface area contributed by atoms with E-state index in [2.05, 4.69) is 21.3 Å². The van der Waals surface area contributed by atoms with Crippen molar-refractivity contribution < 1.29 is 82.3 Å². The van der Waals surface area contributed by atoms with Crippen molar-refractivity contribution in [3.8, 4) is 11.1 Å². The van der Waals surface area contributed by atoms with Crippen LogP contribution in [0.1, 0.15) is 77.1 Å². The molecule has 25 heteroatoms. The number of carbonyl (C=O) groups excluding carboxylic acids is 7. The van der Waals surface area contributed by atoms with Gasteiger partial charge in [0, 0.05) is 61.1 Å². The Labute approximate surface area is 423 Å². The van der Waals surface area contributed by atoms with Crippen LogP contribution in [0.15, 0.2) is 72.9 Å². The minimum absolute atomic E-state index is 0.0234. The second-order valence-electron chi connectivity index (χ2n) is 18.0. The SMILES string of the molecule is C[C@H](NC(=O)CN1C(=O)C=CC1=O)C(=O)N([C@@H](CC(N)=O)C(=O)O)[C@@H](CCN[C@@H](c1cc(-c2cc(F)ccc2F)cn1Cc1ccccc1)C(C)(C)C)C(=O)NCCC(=O)N[C@@H](CCC(=O)O)C(=O)O.OCCO. The Morgan fingerprint density at radius 2 is 1.42 bits per heavy atom. The van der Waals surface area contributed by atoms with E-state index < -0.39 is 152 Å². The number of aliphatic hydroxyl groups excluding tert-OH is 2. The van der Waals surface area contributed by atoms with Crippen molar-refractivity contribution in [1.29, 1.82) is 0 Å². The van der Waals surface area contributed by atoms with Crippen LogP contribution >= 0.6 is 0 Å². The molecule has 7 amide bonds. The molecule has 2 aromatic carbocycles. The van der Waals surface area contributed by atoms with Crippen molar-refractivity contribution in [1.82, 2.24) is 35.6 Å². The summed E-state index contributed by atoms with van der Waals surface area (Å²) in [5, 5.41) is 54.5. The van der Waals surface area contributed by atoms with Gasteiger partial charge in [-0.05, 0) is 61.6 Å². The lowest BCUT2D eigenvalue weighted by molar-refractivity contribution is -0.157. The van der Waals surface area contributed by atoms with Crippen LogP contribution < -0.4 is 27.0 Å². The molecular weight excluding hydrogens is 979 g/mol. The number of hydrogen-bond donors (Lipinski definition) is 10. The average molecular weight is 1040 g/mol. The van der Waals surface area contributed by atoms with Crippen molar-refractivity contribution in [2.45, 2.75) is 96.6 Å². The summed E-state index contributed by atoms with van der Waals surface area (Å²) >= 11 is 0. The Morgan fingerprint density at radius 3 is 1.97 bits per heavy atom. The zero-order chi connectivity index (χ0) is 55.4. The van der Waals surface area contributed by atoms with E-state index in [9.17, 15) is 62.5 Å². The molecule has 0 aliphatic carbocycles. The second kappa shape index (κ2) is 28.4. The molecule has 2 heterocycles. The number of hydrogen-bond acceptors (Lipinski definition) is 13. The molecule has 0 bridgehead atoms. The minimum Gasteiger partial charge on any atom is -0.481 e. The number of amides is 7. The topological polar surface area (TPSA) is 357 Å². The number of benzene rings is 2. The molecule has 4 rings (SSSR count). The standard InChI is InChI=1S/C47H56F2N8O13.C2H6O2/c1-26(53-38(60)25-56-39(61)13-14-40(56)62)44(66)57(35(46(69)70)22-36(50)58)33(43(65)52-19-17-37(59)54-32(45(67)68)12-15-41(63)64)16-18-51-42(47(2,3)4)34-20-28(30-21-29(48)10-11-31(30)49)24-55(34)23-27-8-6-5-7-9-27;3-1-2-4/h5-11,13-14,20-21,24,26,32-33,35,42,51H,12,15-19,22-23,25H2,1-4H3,(H2,50,58)(H,52,65)(H,53,60)(H,54,59)(H,63,64)(H,67,68)(H,69,70);3-4H,1-2H2/t26-,32-,33-,35-,42-;/m0./s1. The maximum atomic E-state index is 15.2. The molecule has 1 aliphatic rings. The largest absolute Gasteiger partial charge is 0.481 e. The fourth-order valence-corrected chi connectivity index (χ4v) is 7.70. The molecule has 1 aliphatic heterocycles. The Kier molecular flexibility index (Phi) is 23.2. The van der Waals surface area contributed by atoms with Crippen LogP contribution in [0.4, 0.5) is 8.78 Å². The van der Waals surface area contributed by atoms with Crippen LogP contribution in [-0.4, -0.2) is 156 Å². The fourth-order valence-electron chi connectivity index (χ4n) is 7.70. The highest BCUT2D eigenvalue weighted by atomic mass is 19.1. The molecular formula is C49H62F2N8O15. The highest BCUT2D eigenvalue weighted by Gasteiger charge is 2.42. The van der Waals surface area contributed by atoms with Gasteiger partial charge < -0.3 is 62.0 Å². The molecule has 23 nitrogen and oxygen atoms in total. The fraction of sp³-hybridized carbons (Fsp3) is 0.429. The summed E-state index contributed by atoms with van der Waals surface area (Å²) in [6, 6.07) is 5.96. The number of nitrogens with one attached hydrogen (secondary N) is 4. The molecule has 11 N–H and O–H groups in total. The third-order valence-corrected chi connectivity index (χ3v) is 11.2. The number of rotatable bonds is 27. The van der Waals surface area contributed by atoms with Gasteiger partial charge in [0.1, 0.15) is 42.3 Å². The van der Waals surface area contributed by atoms with Gasteiger partial charge in [-0.3, -0.25) is 43.3 Å². The maximum absolute atomic E-state index is 15.2. The van der Waals surface area contributed by atoms with Gasteiger partial charge in [0.25, 0.3) is 11.8 Å². The Hall–Kier alpha value is -7.90. The molecule has 0 radical (unpaired) electrons. The van der Waals surface area contributed by atoms with Crippen LogP contribution in [-0.2, 0) is 54.5 Å². The van der Waals surface area contributed by atoms with Gasteiger partial charge in [-0.25, -0.2) is 18.4 Å². The zero-order valence-electron chi connectivity index (χ0n) is 41.1. The normalized spacial score (nSPS) is 14.1. The Balaban J connectivity index is 0.00000348. The van der Waals surface area contributed by atoms with Crippen LogP contribution in [0.5, 0.6) is 0 Å². The van der Waals surface area contributed by atoms with Crippen LogP contribution in [0.3, 0.4) is 0 Å². The van der Waals surface area contributed by atoms with Crippen LogP contribution in [0, 0.1) is 17.0 Å². The van der Waals surface area contributed by atoms with Crippen molar-refractivity contribution in [3.05, 3.63) is 95.8 Å². The average Bonchev–Trinajstić information content (AvgIpc) is 3.88. The van der Waals surface area contributed by atoms with Crippen molar-refractivity contribution in [2.24, 2.45) is 11.1 Å². The first-order chi connectivity index (χ1) is 34.8. The number of aliphatic hydroxyl groups is 2. The van der Waals surface area contributed by atoms with Gasteiger partial charge in [0.2, 0.25) is 29.5 Å². The number of imide groups is 1. The molecule has 0 spiro atoms. The molecule has 74 heavy (non-hydrogen) atoms. The number of halogens is 2. The highest BCUT2D eigenvalue weighted by molar-refractivity contribution is 6.14. The first-order valence-corrected chi connectivity index (χ1v) is 23.1. The van der Waals surface area contributed by atoms with Gasteiger partial charge in [0.05, 0.1) is 25.7 Å². The van der Waals surface area contributed by atoms with E-state index in [1.165, 1.54) is 0 Å². The summed E-state index contributed by atoms with van der Waals surface area (Å²) in [6.45, 7) is 5.15.